The van der Waals surface area contributed by atoms with E-state index in [4.69, 9.17) is 4.74 Å². The Kier molecular flexibility index (Phi) is 5.82. The molecule has 0 saturated carbocycles. The molecule has 0 aliphatic carbocycles. The number of carbonyl (C=O) groups is 1. The average Bonchev–Trinajstić information content (AvgIpc) is 2.99. The van der Waals surface area contributed by atoms with Gasteiger partial charge in [0.1, 0.15) is 17.0 Å². The third-order valence-electron chi connectivity index (χ3n) is 4.62. The first-order chi connectivity index (χ1) is 12.2. The highest BCUT2D eigenvalue weighted by Gasteiger charge is 2.23. The third kappa shape index (κ3) is 3.75. The Morgan fingerprint density at radius 2 is 2.08 bits per heavy atom. The zero-order chi connectivity index (χ0) is 17.8. The number of ether oxygens (including phenoxy) is 1. The molecule has 3 heterocycles. The molecule has 25 heavy (non-hydrogen) atoms. The number of anilines is 1. The molecule has 0 spiro atoms. The Hall–Kier alpha value is -1.77. The van der Waals surface area contributed by atoms with Crippen LogP contribution < -0.4 is 10.2 Å². The lowest BCUT2D eigenvalue weighted by Gasteiger charge is -2.35. The molecule has 0 unspecified atom stereocenters. The highest BCUT2D eigenvalue weighted by Crippen LogP contribution is 2.35. The van der Waals surface area contributed by atoms with Crippen molar-refractivity contribution in [2.75, 3.05) is 57.9 Å². The van der Waals surface area contributed by atoms with Crippen molar-refractivity contribution in [1.29, 1.82) is 0 Å². The molecule has 1 aliphatic heterocycles. The van der Waals surface area contributed by atoms with Crippen LogP contribution in [0.25, 0.3) is 10.2 Å². The molecule has 1 saturated heterocycles. The number of hydrogen-bond donors (Lipinski definition) is 1. The first kappa shape index (κ1) is 18.0. The maximum absolute atomic E-state index is 12.5. The molecule has 1 N–H and O–H groups in total. The number of aryl methyl sites for hydroxylation is 1. The minimum atomic E-state index is -0.0701. The normalized spacial score (nSPS) is 15.7. The minimum absolute atomic E-state index is 0.0701. The van der Waals surface area contributed by atoms with Gasteiger partial charge in [-0.1, -0.05) is 6.92 Å². The summed E-state index contributed by atoms with van der Waals surface area (Å²) in [6, 6.07) is 0. The first-order valence-electron chi connectivity index (χ1n) is 8.64. The number of methoxy groups -OCH3 is 1. The first-order valence-corrected chi connectivity index (χ1v) is 9.45. The lowest BCUT2D eigenvalue weighted by molar-refractivity contribution is 0.0940. The summed E-state index contributed by atoms with van der Waals surface area (Å²) in [6.45, 7) is 10.2. The number of nitrogens with zero attached hydrogens (tertiary/aromatic N) is 4. The molecule has 0 atom stereocenters. The van der Waals surface area contributed by atoms with Crippen LogP contribution in [-0.4, -0.2) is 73.8 Å². The highest BCUT2D eigenvalue weighted by atomic mass is 32.1. The van der Waals surface area contributed by atoms with E-state index in [-0.39, 0.29) is 5.91 Å². The summed E-state index contributed by atoms with van der Waals surface area (Å²) in [5, 5.41) is 3.90. The molecule has 0 bridgehead atoms. The van der Waals surface area contributed by atoms with Gasteiger partial charge in [-0.25, -0.2) is 9.97 Å². The van der Waals surface area contributed by atoms with Crippen LogP contribution in [0.15, 0.2) is 6.33 Å². The number of carbonyl (C=O) groups excluding carboxylic acids is 1. The number of aromatic nitrogens is 2. The van der Waals surface area contributed by atoms with Gasteiger partial charge >= 0.3 is 0 Å². The van der Waals surface area contributed by atoms with E-state index in [0.29, 0.717) is 18.0 Å². The lowest BCUT2D eigenvalue weighted by Crippen LogP contribution is -2.46. The van der Waals surface area contributed by atoms with Crippen molar-refractivity contribution in [3.8, 4) is 0 Å². The van der Waals surface area contributed by atoms with Crippen LogP contribution in [0.2, 0.25) is 0 Å². The Morgan fingerprint density at radius 3 is 2.76 bits per heavy atom. The van der Waals surface area contributed by atoms with E-state index >= 15 is 0 Å². The van der Waals surface area contributed by atoms with Gasteiger partial charge in [0.05, 0.1) is 16.9 Å². The van der Waals surface area contributed by atoms with Gasteiger partial charge in [-0.05, 0) is 19.0 Å². The fraction of sp³-hybridized carbons (Fsp3) is 0.588. The van der Waals surface area contributed by atoms with E-state index in [9.17, 15) is 4.79 Å². The van der Waals surface area contributed by atoms with E-state index in [2.05, 4.69) is 32.0 Å². The molecule has 0 aromatic carbocycles. The van der Waals surface area contributed by atoms with Crippen LogP contribution in [0.3, 0.4) is 0 Å². The number of fused-ring (bicyclic) bond motifs is 1. The van der Waals surface area contributed by atoms with Gasteiger partial charge in [0.25, 0.3) is 5.91 Å². The van der Waals surface area contributed by atoms with Crippen LogP contribution >= 0.6 is 11.3 Å². The molecule has 1 fully saturated rings. The average molecular weight is 363 g/mol. The number of nitrogens with one attached hydrogen (secondary N) is 1. The van der Waals surface area contributed by atoms with Crippen molar-refractivity contribution >= 4 is 33.3 Å². The molecule has 7 nitrogen and oxygen atoms in total. The van der Waals surface area contributed by atoms with Crippen LogP contribution in [0, 0.1) is 6.92 Å². The highest BCUT2D eigenvalue weighted by molar-refractivity contribution is 7.20. The van der Waals surface area contributed by atoms with Crippen LogP contribution in [0.1, 0.15) is 22.2 Å². The lowest BCUT2D eigenvalue weighted by atomic mass is 10.1. The van der Waals surface area contributed by atoms with Gasteiger partial charge in [-0.2, -0.15) is 0 Å². The fourth-order valence-electron chi connectivity index (χ4n) is 3.13. The maximum Gasteiger partial charge on any atom is 0.261 e. The summed E-state index contributed by atoms with van der Waals surface area (Å²) >= 11 is 1.43. The standard InChI is InChI=1S/C17H25N5O2S/c1-4-21-6-8-22(9-7-21)15-13-12(2)14(16(23)18-5-10-24-3)25-17(13)20-11-19-15/h11H,4-10H2,1-3H3,(H,18,23). The number of likely N-dealkylation sites (N-methyl/N-ethyl adjacent to an activating group) is 1. The molecule has 3 rings (SSSR count). The smallest absolute Gasteiger partial charge is 0.261 e. The predicted molar refractivity (Wildman–Crippen MR) is 101 cm³/mol. The second-order valence-corrected chi connectivity index (χ2v) is 7.10. The second-order valence-electron chi connectivity index (χ2n) is 6.10. The minimum Gasteiger partial charge on any atom is -0.383 e. The van der Waals surface area contributed by atoms with E-state index in [1.807, 2.05) is 6.92 Å². The summed E-state index contributed by atoms with van der Waals surface area (Å²) in [7, 11) is 1.62. The van der Waals surface area contributed by atoms with E-state index < -0.39 is 0 Å². The summed E-state index contributed by atoms with van der Waals surface area (Å²) in [6.07, 6.45) is 1.60. The van der Waals surface area contributed by atoms with Crippen molar-refractivity contribution in [3.63, 3.8) is 0 Å². The predicted octanol–water partition coefficient (Wildman–Crippen LogP) is 1.52. The number of thiophene rings is 1. The van der Waals surface area contributed by atoms with Gasteiger partial charge < -0.3 is 19.9 Å². The third-order valence-corrected chi connectivity index (χ3v) is 5.82. The summed E-state index contributed by atoms with van der Waals surface area (Å²) in [5.74, 6) is 0.879. The van der Waals surface area contributed by atoms with Crippen molar-refractivity contribution in [1.82, 2.24) is 20.2 Å². The fourth-order valence-corrected chi connectivity index (χ4v) is 4.19. The van der Waals surface area contributed by atoms with Crippen molar-refractivity contribution in [2.24, 2.45) is 0 Å². The number of amides is 1. The molecule has 2 aromatic heterocycles. The summed E-state index contributed by atoms with van der Waals surface area (Å²) in [4.78, 5) is 27.7. The van der Waals surface area contributed by atoms with Gasteiger partial charge in [-0.15, -0.1) is 11.3 Å². The molecular weight excluding hydrogens is 338 g/mol. The van der Waals surface area contributed by atoms with Crippen molar-refractivity contribution in [2.45, 2.75) is 13.8 Å². The quantitative estimate of drug-likeness (QED) is 0.785. The van der Waals surface area contributed by atoms with E-state index in [1.165, 1.54) is 11.3 Å². The summed E-state index contributed by atoms with van der Waals surface area (Å²) in [5.41, 5.74) is 0.962. The monoisotopic (exact) mass is 363 g/mol. The number of rotatable bonds is 6. The number of piperazine rings is 1. The molecular formula is C17H25N5O2S. The van der Waals surface area contributed by atoms with E-state index in [1.54, 1.807) is 13.4 Å². The van der Waals surface area contributed by atoms with Gasteiger partial charge in [0, 0.05) is 39.8 Å². The molecule has 8 heteroatoms. The SMILES string of the molecule is CCN1CCN(c2ncnc3sc(C(=O)NCCOC)c(C)c23)CC1. The number of hydrogen-bond acceptors (Lipinski definition) is 7. The van der Waals surface area contributed by atoms with Crippen LogP contribution in [0.4, 0.5) is 5.82 Å². The van der Waals surface area contributed by atoms with Crippen LogP contribution in [-0.2, 0) is 4.74 Å². The molecule has 136 valence electrons. The molecule has 1 aliphatic rings. The van der Waals surface area contributed by atoms with Crippen molar-refractivity contribution < 1.29 is 9.53 Å². The second kappa shape index (κ2) is 8.07. The van der Waals surface area contributed by atoms with Crippen molar-refractivity contribution in [3.05, 3.63) is 16.8 Å². The van der Waals surface area contributed by atoms with Gasteiger partial charge in [0.2, 0.25) is 0 Å². The maximum atomic E-state index is 12.5. The topological polar surface area (TPSA) is 70.6 Å². The largest absolute Gasteiger partial charge is 0.383 e. The van der Waals surface area contributed by atoms with Crippen LogP contribution in [0.5, 0.6) is 0 Å². The zero-order valence-corrected chi connectivity index (χ0v) is 15.9. The zero-order valence-electron chi connectivity index (χ0n) is 15.0. The Labute approximate surface area is 152 Å². The molecule has 0 radical (unpaired) electrons. The Balaban J connectivity index is 1.87. The molecule has 1 amide bonds. The summed E-state index contributed by atoms with van der Waals surface area (Å²) < 4.78 is 4.99. The Morgan fingerprint density at radius 1 is 1.32 bits per heavy atom. The molecule has 2 aromatic rings. The Bertz CT molecular complexity index is 740. The van der Waals surface area contributed by atoms with E-state index in [0.717, 1.165) is 54.3 Å². The van der Waals surface area contributed by atoms with Gasteiger partial charge in [-0.3, -0.25) is 4.79 Å². The van der Waals surface area contributed by atoms with Gasteiger partial charge in [0.15, 0.2) is 0 Å².